The number of rotatable bonds is 4. The molecule has 0 bridgehead atoms. The number of thiazole rings is 1. The number of aryl methyl sites for hydroxylation is 2. The van der Waals surface area contributed by atoms with Gasteiger partial charge in [0.05, 0.1) is 12.2 Å². The lowest BCUT2D eigenvalue weighted by molar-refractivity contribution is -0.126. The highest BCUT2D eigenvalue weighted by atomic mass is 32.1. The Morgan fingerprint density at radius 1 is 1.22 bits per heavy atom. The molecule has 1 aliphatic carbocycles. The van der Waals surface area contributed by atoms with Crippen molar-refractivity contribution in [2.45, 2.75) is 52.5 Å². The molecule has 4 heteroatoms. The number of aromatic nitrogens is 1. The number of hydrogen-bond donors (Lipinski definition) is 1. The fourth-order valence-electron chi connectivity index (χ4n) is 3.20. The van der Waals surface area contributed by atoms with Crippen molar-refractivity contribution in [1.82, 2.24) is 10.3 Å². The minimum Gasteiger partial charge on any atom is -0.351 e. The van der Waals surface area contributed by atoms with Gasteiger partial charge >= 0.3 is 0 Å². The van der Waals surface area contributed by atoms with Crippen LogP contribution < -0.4 is 5.32 Å². The Kier molecular flexibility index (Phi) is 5.11. The molecule has 1 aliphatic rings. The first-order chi connectivity index (χ1) is 11.1. The molecule has 3 nitrogen and oxygen atoms in total. The Balaban J connectivity index is 1.67. The second kappa shape index (κ2) is 7.26. The van der Waals surface area contributed by atoms with E-state index in [2.05, 4.69) is 24.4 Å². The van der Waals surface area contributed by atoms with Crippen molar-refractivity contribution in [1.29, 1.82) is 0 Å². The summed E-state index contributed by atoms with van der Waals surface area (Å²) in [6, 6.07) is 8.31. The highest BCUT2D eigenvalue weighted by Crippen LogP contribution is 2.30. The van der Waals surface area contributed by atoms with Crippen molar-refractivity contribution in [3.63, 3.8) is 0 Å². The van der Waals surface area contributed by atoms with E-state index in [0.29, 0.717) is 6.54 Å². The van der Waals surface area contributed by atoms with E-state index >= 15 is 0 Å². The van der Waals surface area contributed by atoms with E-state index in [1.54, 1.807) is 11.3 Å². The third-order valence-corrected chi connectivity index (χ3v) is 5.86. The second-order valence-electron chi connectivity index (χ2n) is 6.40. The molecule has 2 aromatic rings. The first-order valence-corrected chi connectivity index (χ1v) is 9.27. The second-order valence-corrected chi connectivity index (χ2v) is 7.48. The van der Waals surface area contributed by atoms with E-state index in [9.17, 15) is 4.79 Å². The number of benzene rings is 1. The minimum atomic E-state index is 0.216. The highest BCUT2D eigenvalue weighted by Gasteiger charge is 2.21. The molecule has 0 saturated heterocycles. The first-order valence-electron chi connectivity index (χ1n) is 8.45. The van der Waals surface area contributed by atoms with Gasteiger partial charge < -0.3 is 5.32 Å². The van der Waals surface area contributed by atoms with E-state index in [4.69, 9.17) is 4.98 Å². The third-order valence-electron chi connectivity index (χ3n) is 4.67. The number of hydrogen-bond acceptors (Lipinski definition) is 3. The van der Waals surface area contributed by atoms with Gasteiger partial charge in [0.1, 0.15) is 5.01 Å². The largest absolute Gasteiger partial charge is 0.351 e. The fourth-order valence-corrected chi connectivity index (χ4v) is 4.29. The Morgan fingerprint density at radius 3 is 2.70 bits per heavy atom. The molecular weight excluding hydrogens is 304 g/mol. The Bertz CT molecular complexity index is 686. The number of carbonyl (C=O) groups excluding carboxylic acids is 1. The van der Waals surface area contributed by atoms with Crippen molar-refractivity contribution >= 4 is 17.2 Å². The predicted molar refractivity (Wildman–Crippen MR) is 95.4 cm³/mol. The molecular formula is C19H24N2OS. The standard InChI is InChI=1S/C19H24N2OS/c1-13-8-6-7-11-16(13)19-21-14(2)17(23-19)12-20-18(22)15-9-4-3-5-10-15/h6-8,11,15H,3-5,9-10,12H2,1-2H3,(H,20,22). The molecule has 1 N–H and O–H groups in total. The number of nitrogens with zero attached hydrogens (tertiary/aromatic N) is 1. The van der Waals surface area contributed by atoms with Gasteiger partial charge in [-0.05, 0) is 32.3 Å². The summed E-state index contributed by atoms with van der Waals surface area (Å²) in [6.07, 6.45) is 5.74. The van der Waals surface area contributed by atoms with Gasteiger partial charge in [0.2, 0.25) is 5.91 Å². The zero-order valence-electron chi connectivity index (χ0n) is 13.9. The topological polar surface area (TPSA) is 42.0 Å². The van der Waals surface area contributed by atoms with Crippen LogP contribution in [0.1, 0.15) is 48.2 Å². The van der Waals surface area contributed by atoms with Gasteiger partial charge in [0, 0.05) is 16.4 Å². The molecule has 1 aromatic carbocycles. The Hall–Kier alpha value is -1.68. The third kappa shape index (κ3) is 3.81. The lowest BCUT2D eigenvalue weighted by Gasteiger charge is -2.20. The van der Waals surface area contributed by atoms with Crippen LogP contribution in [0.3, 0.4) is 0 Å². The number of nitrogens with one attached hydrogen (secondary N) is 1. The van der Waals surface area contributed by atoms with E-state index in [-0.39, 0.29) is 11.8 Å². The summed E-state index contributed by atoms with van der Waals surface area (Å²) in [7, 11) is 0. The molecule has 23 heavy (non-hydrogen) atoms. The minimum absolute atomic E-state index is 0.216. The van der Waals surface area contributed by atoms with Crippen molar-refractivity contribution in [3.05, 3.63) is 40.4 Å². The molecule has 0 atom stereocenters. The first kappa shape index (κ1) is 16.2. The van der Waals surface area contributed by atoms with Gasteiger partial charge in [-0.3, -0.25) is 4.79 Å². The lowest BCUT2D eigenvalue weighted by Crippen LogP contribution is -2.31. The molecule has 1 fully saturated rings. The number of amides is 1. The average Bonchev–Trinajstić information content (AvgIpc) is 2.94. The average molecular weight is 328 g/mol. The Morgan fingerprint density at radius 2 is 1.96 bits per heavy atom. The molecule has 3 rings (SSSR count). The quantitative estimate of drug-likeness (QED) is 0.889. The van der Waals surface area contributed by atoms with Crippen LogP contribution >= 0.6 is 11.3 Å². The van der Waals surface area contributed by atoms with E-state index in [0.717, 1.165) is 28.4 Å². The summed E-state index contributed by atoms with van der Waals surface area (Å²) >= 11 is 1.69. The molecule has 1 aromatic heterocycles. The van der Waals surface area contributed by atoms with Crippen molar-refractivity contribution in [2.75, 3.05) is 0 Å². The maximum absolute atomic E-state index is 12.3. The molecule has 1 saturated carbocycles. The van der Waals surface area contributed by atoms with Crippen LogP contribution in [0.25, 0.3) is 10.6 Å². The summed E-state index contributed by atoms with van der Waals surface area (Å²) in [5.74, 6) is 0.433. The zero-order chi connectivity index (χ0) is 16.2. The van der Waals surface area contributed by atoms with Crippen molar-refractivity contribution < 1.29 is 4.79 Å². The highest BCUT2D eigenvalue weighted by molar-refractivity contribution is 7.15. The molecule has 0 unspecified atom stereocenters. The zero-order valence-corrected chi connectivity index (χ0v) is 14.7. The summed E-state index contributed by atoms with van der Waals surface area (Å²) in [5, 5.41) is 4.16. The van der Waals surface area contributed by atoms with Crippen LogP contribution in [0.2, 0.25) is 0 Å². The summed E-state index contributed by atoms with van der Waals surface area (Å²) in [6.45, 7) is 4.74. The van der Waals surface area contributed by atoms with Crippen molar-refractivity contribution in [3.8, 4) is 10.6 Å². The van der Waals surface area contributed by atoms with Crippen LogP contribution in [0, 0.1) is 19.8 Å². The molecule has 0 spiro atoms. The van der Waals surface area contributed by atoms with Crippen LogP contribution in [-0.4, -0.2) is 10.9 Å². The molecule has 1 heterocycles. The molecule has 122 valence electrons. The molecule has 1 amide bonds. The smallest absolute Gasteiger partial charge is 0.223 e. The normalized spacial score (nSPS) is 15.6. The maximum atomic E-state index is 12.3. The van der Waals surface area contributed by atoms with Gasteiger partial charge in [-0.2, -0.15) is 0 Å². The van der Waals surface area contributed by atoms with Crippen LogP contribution in [-0.2, 0) is 11.3 Å². The van der Waals surface area contributed by atoms with Gasteiger partial charge in [0.25, 0.3) is 0 Å². The van der Waals surface area contributed by atoms with Crippen LogP contribution in [0.4, 0.5) is 0 Å². The fraction of sp³-hybridized carbons (Fsp3) is 0.474. The van der Waals surface area contributed by atoms with Crippen molar-refractivity contribution in [2.24, 2.45) is 5.92 Å². The molecule has 0 aliphatic heterocycles. The van der Waals surface area contributed by atoms with Gasteiger partial charge in [-0.1, -0.05) is 43.5 Å². The maximum Gasteiger partial charge on any atom is 0.223 e. The van der Waals surface area contributed by atoms with Gasteiger partial charge in [-0.25, -0.2) is 4.98 Å². The summed E-state index contributed by atoms with van der Waals surface area (Å²) < 4.78 is 0. The van der Waals surface area contributed by atoms with Gasteiger partial charge in [0.15, 0.2) is 0 Å². The SMILES string of the molecule is Cc1ccccc1-c1nc(C)c(CNC(=O)C2CCCCC2)s1. The summed E-state index contributed by atoms with van der Waals surface area (Å²) in [4.78, 5) is 18.1. The van der Waals surface area contributed by atoms with Gasteiger partial charge in [-0.15, -0.1) is 11.3 Å². The van der Waals surface area contributed by atoms with E-state index < -0.39 is 0 Å². The number of carbonyl (C=O) groups is 1. The summed E-state index contributed by atoms with van der Waals surface area (Å²) in [5.41, 5.74) is 3.45. The molecule has 0 radical (unpaired) electrons. The van der Waals surface area contributed by atoms with E-state index in [1.165, 1.54) is 30.4 Å². The van der Waals surface area contributed by atoms with E-state index in [1.807, 2.05) is 19.1 Å². The predicted octanol–water partition coefficient (Wildman–Crippen LogP) is 4.62. The monoisotopic (exact) mass is 328 g/mol. The van der Waals surface area contributed by atoms with Crippen LogP contribution in [0.15, 0.2) is 24.3 Å². The Labute approximate surface area is 142 Å². The van der Waals surface area contributed by atoms with Crippen LogP contribution in [0.5, 0.6) is 0 Å². The lowest BCUT2D eigenvalue weighted by atomic mass is 9.89.